The van der Waals surface area contributed by atoms with Crippen molar-refractivity contribution in [2.75, 3.05) is 51.6 Å². The number of aliphatic imine (C=N–C) groups is 1. The third kappa shape index (κ3) is 8.99. The number of hydrogen-bond donors (Lipinski definition) is 1. The highest BCUT2D eigenvalue weighted by atomic mass is 127. The molecule has 1 unspecified atom stereocenters. The fourth-order valence-corrected chi connectivity index (χ4v) is 3.49. The Labute approximate surface area is 168 Å². The van der Waals surface area contributed by atoms with Crippen molar-refractivity contribution >= 4 is 40.7 Å². The molecule has 7 heteroatoms. The molecule has 1 heterocycles. The van der Waals surface area contributed by atoms with E-state index in [-0.39, 0.29) is 28.7 Å². The molecule has 0 saturated carbocycles. The molecule has 0 radical (unpaired) electrons. The highest BCUT2D eigenvalue weighted by Gasteiger charge is 2.21. The molecule has 5 nitrogen and oxygen atoms in total. The van der Waals surface area contributed by atoms with Crippen molar-refractivity contribution < 1.29 is 4.21 Å². The Morgan fingerprint density at radius 2 is 1.79 bits per heavy atom. The van der Waals surface area contributed by atoms with Gasteiger partial charge in [0.15, 0.2) is 5.96 Å². The normalized spacial score (nSPS) is 18.5. The summed E-state index contributed by atoms with van der Waals surface area (Å²) in [5.41, 5.74) is 0. The SMILES string of the molecule is CCNC(=NCCS(=O)C(C)(C)C)N1CCN(CC(C)C)CC1.I. The van der Waals surface area contributed by atoms with Gasteiger partial charge in [-0.2, -0.15) is 0 Å². The number of nitrogens with one attached hydrogen (secondary N) is 1. The van der Waals surface area contributed by atoms with Gasteiger partial charge in [0.05, 0.1) is 6.54 Å². The highest BCUT2D eigenvalue weighted by molar-refractivity contribution is 14.0. The Bertz CT molecular complexity index is 402. The lowest BCUT2D eigenvalue weighted by Crippen LogP contribution is -2.53. The molecule has 1 aliphatic rings. The maximum atomic E-state index is 12.1. The van der Waals surface area contributed by atoms with Gasteiger partial charge in [-0.15, -0.1) is 24.0 Å². The average molecular weight is 472 g/mol. The van der Waals surface area contributed by atoms with Gasteiger partial charge in [-0.1, -0.05) is 13.8 Å². The van der Waals surface area contributed by atoms with Crippen LogP contribution in [0.15, 0.2) is 4.99 Å². The van der Waals surface area contributed by atoms with Gasteiger partial charge >= 0.3 is 0 Å². The lowest BCUT2D eigenvalue weighted by molar-refractivity contribution is 0.164. The van der Waals surface area contributed by atoms with E-state index in [1.807, 2.05) is 20.8 Å². The van der Waals surface area contributed by atoms with Crippen LogP contribution in [0.1, 0.15) is 41.5 Å². The van der Waals surface area contributed by atoms with Gasteiger partial charge in [-0.3, -0.25) is 14.1 Å². The number of piperazine rings is 1. The summed E-state index contributed by atoms with van der Waals surface area (Å²) in [6.07, 6.45) is 0. The number of nitrogens with zero attached hydrogens (tertiary/aromatic N) is 3. The molecular formula is C17H37IN4OS. The van der Waals surface area contributed by atoms with Gasteiger partial charge in [-0.05, 0) is 33.6 Å². The first kappa shape index (κ1) is 24.1. The molecule has 1 saturated heterocycles. The number of rotatable bonds is 6. The predicted octanol–water partition coefficient (Wildman–Crippen LogP) is 2.39. The second kappa shape index (κ2) is 11.7. The monoisotopic (exact) mass is 472 g/mol. The topological polar surface area (TPSA) is 47.9 Å². The first-order valence-electron chi connectivity index (χ1n) is 8.88. The van der Waals surface area contributed by atoms with Gasteiger partial charge in [0, 0.05) is 60.6 Å². The lowest BCUT2D eigenvalue weighted by atomic mass is 10.2. The molecule has 1 rings (SSSR count). The van der Waals surface area contributed by atoms with Crippen LogP contribution in [0.25, 0.3) is 0 Å². The molecule has 1 N–H and O–H groups in total. The van der Waals surface area contributed by atoms with Crippen molar-refractivity contribution in [2.24, 2.45) is 10.9 Å². The molecule has 1 fully saturated rings. The van der Waals surface area contributed by atoms with Gasteiger partial charge in [0.25, 0.3) is 0 Å². The van der Waals surface area contributed by atoms with Gasteiger partial charge < -0.3 is 10.2 Å². The van der Waals surface area contributed by atoms with Crippen LogP contribution in [0.3, 0.4) is 0 Å². The molecule has 0 bridgehead atoms. The molecule has 144 valence electrons. The molecule has 1 atom stereocenters. The van der Waals surface area contributed by atoms with Gasteiger partial charge in [0.2, 0.25) is 0 Å². The van der Waals surface area contributed by atoms with Gasteiger partial charge in [-0.25, -0.2) is 0 Å². The summed E-state index contributed by atoms with van der Waals surface area (Å²) in [5.74, 6) is 2.32. The van der Waals surface area contributed by atoms with Crippen molar-refractivity contribution in [3.05, 3.63) is 0 Å². The third-order valence-corrected chi connectivity index (χ3v) is 5.77. The van der Waals surface area contributed by atoms with Crippen molar-refractivity contribution in [2.45, 2.75) is 46.3 Å². The van der Waals surface area contributed by atoms with E-state index in [0.29, 0.717) is 12.3 Å². The quantitative estimate of drug-likeness (QED) is 0.367. The van der Waals surface area contributed by atoms with Crippen molar-refractivity contribution in [3.63, 3.8) is 0 Å². The Hall–Kier alpha value is 0.110. The van der Waals surface area contributed by atoms with Crippen LogP contribution in [0, 0.1) is 5.92 Å². The molecule has 1 aliphatic heterocycles. The van der Waals surface area contributed by atoms with Crippen LogP contribution in [-0.2, 0) is 10.8 Å². The standard InChI is InChI=1S/C17H36N4OS.HI/c1-7-18-16(19-8-13-23(22)17(4,5)6)21-11-9-20(10-12-21)14-15(2)3;/h15H,7-14H2,1-6H3,(H,18,19);1H. The summed E-state index contributed by atoms with van der Waals surface area (Å²) in [6, 6.07) is 0. The molecule has 0 aliphatic carbocycles. The second-order valence-electron chi connectivity index (χ2n) is 7.58. The summed E-state index contributed by atoms with van der Waals surface area (Å²) in [6.45, 7) is 19.6. The highest BCUT2D eigenvalue weighted by Crippen LogP contribution is 2.11. The lowest BCUT2D eigenvalue weighted by Gasteiger charge is -2.37. The van der Waals surface area contributed by atoms with E-state index in [1.54, 1.807) is 0 Å². The largest absolute Gasteiger partial charge is 0.357 e. The Morgan fingerprint density at radius 1 is 1.21 bits per heavy atom. The number of halogens is 1. The van der Waals surface area contributed by atoms with Crippen LogP contribution in [0.4, 0.5) is 0 Å². The smallest absolute Gasteiger partial charge is 0.194 e. The van der Waals surface area contributed by atoms with Crippen LogP contribution in [0.2, 0.25) is 0 Å². The number of guanidine groups is 1. The number of hydrogen-bond acceptors (Lipinski definition) is 3. The van der Waals surface area contributed by atoms with E-state index < -0.39 is 10.8 Å². The Morgan fingerprint density at radius 3 is 2.25 bits per heavy atom. The molecular weight excluding hydrogens is 435 g/mol. The minimum atomic E-state index is -0.837. The molecule has 0 aromatic rings. The van der Waals surface area contributed by atoms with Crippen molar-refractivity contribution in [1.29, 1.82) is 0 Å². The maximum Gasteiger partial charge on any atom is 0.194 e. The summed E-state index contributed by atoms with van der Waals surface area (Å²) in [4.78, 5) is 9.56. The predicted molar refractivity (Wildman–Crippen MR) is 117 cm³/mol. The zero-order valence-corrected chi connectivity index (χ0v) is 19.4. The van der Waals surface area contributed by atoms with Gasteiger partial charge in [0.1, 0.15) is 0 Å². The summed E-state index contributed by atoms with van der Waals surface area (Å²) >= 11 is 0. The molecule has 0 amide bonds. The van der Waals surface area contributed by atoms with E-state index in [9.17, 15) is 4.21 Å². The molecule has 0 aromatic carbocycles. The molecule has 0 spiro atoms. The first-order chi connectivity index (χ1) is 10.7. The van der Waals surface area contributed by atoms with Crippen LogP contribution in [-0.4, -0.2) is 76.3 Å². The fraction of sp³-hybridized carbons (Fsp3) is 0.941. The van der Waals surface area contributed by atoms with E-state index in [2.05, 4.69) is 35.9 Å². The summed E-state index contributed by atoms with van der Waals surface area (Å²) in [5, 5.41) is 3.38. The zero-order chi connectivity index (χ0) is 17.5. The van der Waals surface area contributed by atoms with Crippen LogP contribution in [0.5, 0.6) is 0 Å². The van der Waals surface area contributed by atoms with E-state index in [0.717, 1.165) is 44.6 Å². The fourth-order valence-electron chi connectivity index (χ4n) is 2.63. The minimum absolute atomic E-state index is 0. The molecule has 0 aromatic heterocycles. The Balaban J connectivity index is 0.00000529. The van der Waals surface area contributed by atoms with E-state index in [1.165, 1.54) is 6.54 Å². The zero-order valence-electron chi connectivity index (χ0n) is 16.3. The van der Waals surface area contributed by atoms with E-state index in [4.69, 9.17) is 4.99 Å². The maximum absolute atomic E-state index is 12.1. The summed E-state index contributed by atoms with van der Waals surface area (Å²) < 4.78 is 12.0. The Kier molecular flexibility index (Phi) is 11.7. The first-order valence-corrected chi connectivity index (χ1v) is 10.2. The summed E-state index contributed by atoms with van der Waals surface area (Å²) in [7, 11) is -0.837. The van der Waals surface area contributed by atoms with Crippen LogP contribution < -0.4 is 5.32 Å². The molecule has 24 heavy (non-hydrogen) atoms. The second-order valence-corrected chi connectivity index (χ2v) is 9.90. The van der Waals surface area contributed by atoms with Crippen molar-refractivity contribution in [1.82, 2.24) is 15.1 Å². The van der Waals surface area contributed by atoms with Crippen LogP contribution >= 0.6 is 24.0 Å². The average Bonchev–Trinajstić information content (AvgIpc) is 2.45. The van der Waals surface area contributed by atoms with E-state index >= 15 is 0 Å². The van der Waals surface area contributed by atoms with Crippen molar-refractivity contribution in [3.8, 4) is 0 Å². The third-order valence-electron chi connectivity index (χ3n) is 3.85. The minimum Gasteiger partial charge on any atom is -0.357 e.